The Labute approximate surface area is 96.9 Å². The lowest BCUT2D eigenvalue weighted by molar-refractivity contribution is -0.0333. The fourth-order valence-electron chi connectivity index (χ4n) is 1.97. The number of rotatable bonds is 5. The zero-order valence-corrected chi connectivity index (χ0v) is 9.90. The molecule has 0 heterocycles. The van der Waals surface area contributed by atoms with Crippen LogP contribution in [0.5, 0.6) is 0 Å². The summed E-state index contributed by atoms with van der Waals surface area (Å²) in [6.07, 6.45) is 1.17. The van der Waals surface area contributed by atoms with Crippen LogP contribution in [0, 0.1) is 5.92 Å². The molecule has 0 spiro atoms. The van der Waals surface area contributed by atoms with E-state index in [9.17, 15) is 0 Å². The molecule has 0 amide bonds. The van der Waals surface area contributed by atoms with Crippen LogP contribution in [0.4, 0.5) is 0 Å². The van der Waals surface area contributed by atoms with Crippen LogP contribution >= 0.6 is 0 Å². The van der Waals surface area contributed by atoms with Crippen molar-refractivity contribution in [3.63, 3.8) is 0 Å². The molecule has 2 heteroatoms. The van der Waals surface area contributed by atoms with Gasteiger partial charge in [0.1, 0.15) is 6.79 Å². The van der Waals surface area contributed by atoms with E-state index in [1.54, 1.807) is 7.11 Å². The number of hydrogen-bond acceptors (Lipinski definition) is 2. The minimum Gasteiger partial charge on any atom is -0.359 e. The molecule has 0 aromatic heterocycles. The van der Waals surface area contributed by atoms with Crippen molar-refractivity contribution in [1.82, 2.24) is 0 Å². The second-order valence-corrected chi connectivity index (χ2v) is 4.19. The zero-order chi connectivity index (χ0) is 11.4. The van der Waals surface area contributed by atoms with E-state index >= 15 is 0 Å². The predicted molar refractivity (Wildman–Crippen MR) is 65.0 cm³/mol. The quantitative estimate of drug-likeness (QED) is 0.558. The number of allylic oxidation sites excluding steroid dienone is 1. The fraction of sp³-hybridized carbons (Fsp3) is 0.429. The third-order valence-corrected chi connectivity index (χ3v) is 3.01. The lowest BCUT2D eigenvalue weighted by Crippen LogP contribution is -1.99. The number of hydrogen-bond donors (Lipinski definition) is 0. The highest BCUT2D eigenvalue weighted by Crippen LogP contribution is 2.43. The fourth-order valence-corrected chi connectivity index (χ4v) is 1.97. The second kappa shape index (κ2) is 5.28. The summed E-state index contributed by atoms with van der Waals surface area (Å²) in [6.45, 7) is 3.38. The van der Waals surface area contributed by atoms with Gasteiger partial charge in [-0.05, 0) is 24.5 Å². The van der Waals surface area contributed by atoms with E-state index in [2.05, 4.69) is 31.2 Å². The monoisotopic (exact) mass is 218 g/mol. The van der Waals surface area contributed by atoms with Gasteiger partial charge in [0, 0.05) is 13.0 Å². The highest BCUT2D eigenvalue weighted by molar-refractivity contribution is 5.70. The zero-order valence-electron chi connectivity index (χ0n) is 9.90. The average molecular weight is 218 g/mol. The molecular formula is C14H18O2. The topological polar surface area (TPSA) is 18.5 Å². The first-order chi connectivity index (χ1) is 7.83. The molecule has 16 heavy (non-hydrogen) atoms. The van der Waals surface area contributed by atoms with Gasteiger partial charge in [-0.25, -0.2) is 0 Å². The minimum absolute atomic E-state index is 0.397. The van der Waals surface area contributed by atoms with Crippen molar-refractivity contribution in [2.75, 3.05) is 20.5 Å². The lowest BCUT2D eigenvalue weighted by atomic mass is 10.1. The third-order valence-electron chi connectivity index (χ3n) is 3.01. The molecule has 1 fully saturated rings. The summed E-state index contributed by atoms with van der Waals surface area (Å²) in [6, 6.07) is 10.5. The molecule has 1 saturated carbocycles. The van der Waals surface area contributed by atoms with Crippen molar-refractivity contribution < 1.29 is 9.47 Å². The summed E-state index contributed by atoms with van der Waals surface area (Å²) in [5.74, 6) is 0.607. The van der Waals surface area contributed by atoms with Gasteiger partial charge in [-0.3, -0.25) is 0 Å². The van der Waals surface area contributed by atoms with Gasteiger partial charge in [-0.2, -0.15) is 0 Å². The first kappa shape index (κ1) is 11.4. The summed E-state index contributed by atoms with van der Waals surface area (Å²) in [4.78, 5) is 0. The Hall–Kier alpha value is -1.12. The van der Waals surface area contributed by atoms with E-state index < -0.39 is 0 Å². The summed E-state index contributed by atoms with van der Waals surface area (Å²) < 4.78 is 10.2. The molecule has 1 aromatic carbocycles. The van der Waals surface area contributed by atoms with Crippen molar-refractivity contribution in [2.24, 2.45) is 5.92 Å². The predicted octanol–water partition coefficient (Wildman–Crippen LogP) is 3.10. The highest BCUT2D eigenvalue weighted by Gasteiger charge is 2.31. The van der Waals surface area contributed by atoms with Crippen LogP contribution in [0.2, 0.25) is 0 Å². The molecule has 1 aliphatic carbocycles. The maximum Gasteiger partial charge on any atom is 0.146 e. The average Bonchev–Trinajstić information content (AvgIpc) is 3.09. The van der Waals surface area contributed by atoms with Gasteiger partial charge in [0.15, 0.2) is 0 Å². The normalized spacial score (nSPS) is 22.0. The van der Waals surface area contributed by atoms with E-state index in [-0.39, 0.29) is 0 Å². The Morgan fingerprint density at radius 1 is 1.31 bits per heavy atom. The number of methoxy groups -OCH3 is 1. The third kappa shape index (κ3) is 2.71. The van der Waals surface area contributed by atoms with Crippen LogP contribution in [0.1, 0.15) is 18.9 Å². The summed E-state index contributed by atoms with van der Waals surface area (Å²) in [5, 5.41) is 0. The summed E-state index contributed by atoms with van der Waals surface area (Å²) in [5.41, 5.74) is 4.26. The van der Waals surface area contributed by atoms with Crippen LogP contribution in [-0.4, -0.2) is 20.5 Å². The van der Waals surface area contributed by atoms with Crippen molar-refractivity contribution in [1.29, 1.82) is 0 Å². The van der Waals surface area contributed by atoms with Crippen LogP contribution < -0.4 is 0 Å². The molecule has 0 aliphatic heterocycles. The Kier molecular flexibility index (Phi) is 3.75. The van der Waals surface area contributed by atoms with Crippen LogP contribution in [0.15, 0.2) is 35.9 Å². The van der Waals surface area contributed by atoms with Crippen molar-refractivity contribution in [3.05, 3.63) is 41.5 Å². The lowest BCUT2D eigenvalue weighted by Gasteiger charge is -2.02. The largest absolute Gasteiger partial charge is 0.359 e. The number of ether oxygens (including phenoxy) is 2. The van der Waals surface area contributed by atoms with Gasteiger partial charge in [0.2, 0.25) is 0 Å². The summed E-state index contributed by atoms with van der Waals surface area (Å²) >= 11 is 0. The number of benzene rings is 1. The molecule has 86 valence electrons. The van der Waals surface area contributed by atoms with E-state index in [4.69, 9.17) is 9.47 Å². The second-order valence-electron chi connectivity index (χ2n) is 4.19. The summed E-state index contributed by atoms with van der Waals surface area (Å²) in [7, 11) is 1.65. The maximum absolute atomic E-state index is 5.37. The van der Waals surface area contributed by atoms with Gasteiger partial charge in [-0.1, -0.05) is 35.9 Å². The first-order valence-corrected chi connectivity index (χ1v) is 5.64. The van der Waals surface area contributed by atoms with Gasteiger partial charge >= 0.3 is 0 Å². The molecule has 2 rings (SSSR count). The van der Waals surface area contributed by atoms with Gasteiger partial charge in [0.25, 0.3) is 0 Å². The Bertz CT molecular complexity index is 368. The smallest absolute Gasteiger partial charge is 0.146 e. The van der Waals surface area contributed by atoms with E-state index in [1.807, 2.05) is 6.07 Å². The molecule has 2 nitrogen and oxygen atoms in total. The van der Waals surface area contributed by atoms with Gasteiger partial charge in [0.05, 0.1) is 6.61 Å². The van der Waals surface area contributed by atoms with Gasteiger partial charge < -0.3 is 9.47 Å². The Morgan fingerprint density at radius 2 is 2.06 bits per heavy atom. The van der Waals surface area contributed by atoms with Gasteiger partial charge in [-0.15, -0.1) is 0 Å². The molecule has 0 radical (unpaired) electrons. The van der Waals surface area contributed by atoms with Crippen LogP contribution in [-0.2, 0) is 9.47 Å². The standard InChI is InChI=1S/C14H18O2/c1-11(12-6-4-3-5-7-12)14-8-13(14)9-16-10-15-2/h3-7,13H,8-10H2,1-2H3/b14-11+. The molecule has 0 N–H and O–H groups in total. The molecule has 1 unspecified atom stereocenters. The van der Waals surface area contributed by atoms with E-state index in [0.29, 0.717) is 12.7 Å². The maximum atomic E-state index is 5.37. The van der Waals surface area contributed by atoms with E-state index in [0.717, 1.165) is 6.61 Å². The van der Waals surface area contributed by atoms with Crippen LogP contribution in [0.3, 0.4) is 0 Å². The van der Waals surface area contributed by atoms with Crippen molar-refractivity contribution in [3.8, 4) is 0 Å². The Balaban J connectivity index is 1.93. The SMILES string of the molecule is COCOCC1C/C1=C(/C)c1ccccc1. The molecular weight excluding hydrogens is 200 g/mol. The molecule has 1 atom stereocenters. The van der Waals surface area contributed by atoms with Crippen molar-refractivity contribution in [2.45, 2.75) is 13.3 Å². The van der Waals surface area contributed by atoms with E-state index in [1.165, 1.54) is 23.1 Å². The minimum atomic E-state index is 0.397. The van der Waals surface area contributed by atoms with Crippen LogP contribution in [0.25, 0.3) is 5.57 Å². The first-order valence-electron chi connectivity index (χ1n) is 5.64. The van der Waals surface area contributed by atoms with Crippen molar-refractivity contribution >= 4 is 5.57 Å². The Morgan fingerprint density at radius 3 is 2.75 bits per heavy atom. The molecule has 1 aliphatic rings. The molecule has 0 bridgehead atoms. The molecule has 0 saturated heterocycles. The molecule has 1 aromatic rings. The highest BCUT2D eigenvalue weighted by atomic mass is 16.7.